The van der Waals surface area contributed by atoms with Gasteiger partial charge >= 0.3 is 5.97 Å². The van der Waals surface area contributed by atoms with Crippen molar-refractivity contribution in [2.75, 3.05) is 57.4 Å². The van der Waals surface area contributed by atoms with E-state index in [1.807, 2.05) is 16.4 Å². The number of benzene rings is 1. The number of esters is 1. The molecule has 2 fully saturated rings. The summed E-state index contributed by atoms with van der Waals surface area (Å²) < 4.78 is 28.1. The van der Waals surface area contributed by atoms with Crippen LogP contribution in [0.15, 0.2) is 17.1 Å². The zero-order valence-corrected chi connectivity index (χ0v) is 19.6. The molecular formula is C25H32FN3O5. The average molecular weight is 474 g/mol. The molecule has 0 amide bonds. The highest BCUT2D eigenvalue weighted by atomic mass is 19.1. The van der Waals surface area contributed by atoms with Gasteiger partial charge in [-0.2, -0.15) is 0 Å². The van der Waals surface area contributed by atoms with Crippen LogP contribution >= 0.6 is 0 Å². The maximum absolute atomic E-state index is 15.4. The van der Waals surface area contributed by atoms with Crippen LogP contribution in [0.2, 0.25) is 0 Å². The number of morpholine rings is 1. The summed E-state index contributed by atoms with van der Waals surface area (Å²) >= 11 is 0. The molecule has 3 aliphatic rings. The second-order valence-corrected chi connectivity index (χ2v) is 9.56. The molecule has 1 aromatic carbocycles. The van der Waals surface area contributed by atoms with Crippen molar-refractivity contribution < 1.29 is 23.8 Å². The zero-order chi connectivity index (χ0) is 23.8. The van der Waals surface area contributed by atoms with Crippen LogP contribution in [-0.2, 0) is 15.9 Å². The van der Waals surface area contributed by atoms with Crippen LogP contribution in [0.5, 0.6) is 0 Å². The molecule has 3 aliphatic heterocycles. The number of aryl methyl sites for hydroxylation is 1. The zero-order valence-electron chi connectivity index (χ0n) is 19.6. The van der Waals surface area contributed by atoms with Gasteiger partial charge in [0, 0.05) is 55.9 Å². The van der Waals surface area contributed by atoms with Gasteiger partial charge in [-0.1, -0.05) is 0 Å². The van der Waals surface area contributed by atoms with E-state index in [0.717, 1.165) is 25.1 Å². The van der Waals surface area contributed by atoms with E-state index in [1.165, 1.54) is 6.07 Å². The Labute approximate surface area is 197 Å². The van der Waals surface area contributed by atoms with Crippen molar-refractivity contribution in [3.63, 3.8) is 0 Å². The predicted molar refractivity (Wildman–Crippen MR) is 126 cm³/mol. The molecule has 5 rings (SSSR count). The standard InChI is InChI=1S/C25H32FN3O5/c1-16-2-3-18-22-19(14-21(26)23(18)28-6-4-17(30)5-7-28)24(31)20(15-29(16)22)25(32)34-13-10-27-8-11-33-12-9-27/h14-17,30H,2-13H2,1H3/t16-/m0/s1. The van der Waals surface area contributed by atoms with Gasteiger partial charge in [-0.15, -0.1) is 0 Å². The van der Waals surface area contributed by atoms with Crippen molar-refractivity contribution in [2.24, 2.45) is 0 Å². The lowest BCUT2D eigenvalue weighted by Crippen LogP contribution is -2.38. The number of pyridine rings is 1. The van der Waals surface area contributed by atoms with Crippen LogP contribution < -0.4 is 10.3 Å². The number of hydrogen-bond donors (Lipinski definition) is 1. The number of anilines is 1. The topological polar surface area (TPSA) is 84.2 Å². The number of nitrogens with zero attached hydrogens (tertiary/aromatic N) is 3. The Hall–Kier alpha value is -2.49. The lowest BCUT2D eigenvalue weighted by Gasteiger charge is -2.36. The van der Waals surface area contributed by atoms with Gasteiger partial charge in [0.2, 0.25) is 5.43 Å². The van der Waals surface area contributed by atoms with Crippen molar-refractivity contribution in [1.29, 1.82) is 0 Å². The number of aliphatic hydroxyl groups excluding tert-OH is 1. The summed E-state index contributed by atoms with van der Waals surface area (Å²) in [6, 6.07) is 1.35. The largest absolute Gasteiger partial charge is 0.461 e. The van der Waals surface area contributed by atoms with Gasteiger partial charge in [-0.3, -0.25) is 9.69 Å². The van der Waals surface area contributed by atoms with Gasteiger partial charge in [-0.05, 0) is 38.7 Å². The lowest BCUT2D eigenvalue weighted by molar-refractivity contribution is 0.0194. The van der Waals surface area contributed by atoms with Crippen LogP contribution in [-0.4, -0.2) is 79.2 Å². The van der Waals surface area contributed by atoms with Gasteiger partial charge < -0.3 is 24.0 Å². The van der Waals surface area contributed by atoms with Gasteiger partial charge in [0.15, 0.2) is 0 Å². The minimum absolute atomic E-state index is 0.0533. The van der Waals surface area contributed by atoms with Gasteiger partial charge in [0.1, 0.15) is 18.0 Å². The molecule has 0 spiro atoms. The first kappa shape index (κ1) is 23.3. The summed E-state index contributed by atoms with van der Waals surface area (Å²) in [5, 5.41) is 10.1. The Balaban J connectivity index is 1.47. The molecule has 34 heavy (non-hydrogen) atoms. The summed E-state index contributed by atoms with van der Waals surface area (Å²) in [6.45, 7) is 6.86. The normalized spacial score (nSPS) is 21.7. The summed E-state index contributed by atoms with van der Waals surface area (Å²) in [6.07, 6.45) is 3.86. The van der Waals surface area contributed by atoms with Crippen molar-refractivity contribution in [2.45, 2.75) is 44.8 Å². The Morgan fingerprint density at radius 1 is 1.21 bits per heavy atom. The Kier molecular flexibility index (Phi) is 6.59. The highest BCUT2D eigenvalue weighted by Gasteiger charge is 2.30. The van der Waals surface area contributed by atoms with Crippen LogP contribution in [0, 0.1) is 5.82 Å². The molecule has 0 bridgehead atoms. The Bertz CT molecular complexity index is 1140. The highest BCUT2D eigenvalue weighted by Crippen LogP contribution is 2.38. The minimum Gasteiger partial charge on any atom is -0.461 e. The van der Waals surface area contributed by atoms with E-state index >= 15 is 4.39 Å². The molecule has 0 unspecified atom stereocenters. The number of aliphatic hydroxyl groups is 1. The smallest absolute Gasteiger partial charge is 0.343 e. The SMILES string of the molecule is C[C@H]1CCc2c(N3CCC(O)CC3)c(F)cc3c(=O)c(C(=O)OCCN4CCOCC4)cn1c23. The minimum atomic E-state index is -0.669. The van der Waals surface area contributed by atoms with Crippen LogP contribution in [0.3, 0.4) is 0 Å². The quantitative estimate of drug-likeness (QED) is 0.666. The molecular weight excluding hydrogens is 441 g/mol. The molecule has 2 aromatic rings. The van der Waals surface area contributed by atoms with Crippen LogP contribution in [0.4, 0.5) is 10.1 Å². The molecule has 9 heteroatoms. The summed E-state index contributed by atoms with van der Waals surface area (Å²) in [7, 11) is 0. The number of rotatable bonds is 5. The maximum Gasteiger partial charge on any atom is 0.343 e. The molecule has 4 heterocycles. The lowest BCUT2D eigenvalue weighted by atomic mass is 9.93. The number of ether oxygens (including phenoxy) is 2. The number of carbonyl (C=O) groups is 1. The first-order chi connectivity index (χ1) is 16.4. The fourth-order valence-electron chi connectivity index (χ4n) is 5.38. The average Bonchev–Trinajstić information content (AvgIpc) is 2.84. The molecule has 0 radical (unpaired) electrons. The summed E-state index contributed by atoms with van der Waals surface area (Å²) in [5.74, 6) is -1.12. The molecule has 0 aliphatic carbocycles. The second kappa shape index (κ2) is 9.64. The maximum atomic E-state index is 15.4. The number of hydrogen-bond acceptors (Lipinski definition) is 7. The number of aromatic nitrogens is 1. The van der Waals surface area contributed by atoms with Gasteiger partial charge in [0.05, 0.1) is 30.5 Å². The van der Waals surface area contributed by atoms with E-state index in [2.05, 4.69) is 4.90 Å². The molecule has 1 aromatic heterocycles. The first-order valence-electron chi connectivity index (χ1n) is 12.2. The van der Waals surface area contributed by atoms with Crippen LogP contribution in [0.25, 0.3) is 10.9 Å². The molecule has 8 nitrogen and oxygen atoms in total. The Morgan fingerprint density at radius 3 is 2.68 bits per heavy atom. The molecule has 1 N–H and O–H groups in total. The summed E-state index contributed by atoms with van der Waals surface area (Å²) in [4.78, 5) is 30.3. The fourth-order valence-corrected chi connectivity index (χ4v) is 5.38. The van der Waals surface area contributed by atoms with E-state index in [9.17, 15) is 14.7 Å². The first-order valence-corrected chi connectivity index (χ1v) is 12.2. The highest BCUT2D eigenvalue weighted by molar-refractivity contribution is 5.96. The summed E-state index contributed by atoms with van der Waals surface area (Å²) in [5.41, 5.74) is 1.50. The molecule has 0 saturated carbocycles. The number of carbonyl (C=O) groups excluding carboxylic acids is 1. The Morgan fingerprint density at radius 2 is 1.94 bits per heavy atom. The molecule has 1 atom stereocenters. The monoisotopic (exact) mass is 473 g/mol. The van der Waals surface area contributed by atoms with Crippen molar-refractivity contribution in [3.05, 3.63) is 39.4 Å². The van der Waals surface area contributed by atoms with Gasteiger partial charge in [0.25, 0.3) is 0 Å². The van der Waals surface area contributed by atoms with E-state index in [0.29, 0.717) is 63.3 Å². The number of halogens is 1. The van der Waals surface area contributed by atoms with E-state index < -0.39 is 17.2 Å². The molecule has 184 valence electrons. The van der Waals surface area contributed by atoms with E-state index in [4.69, 9.17) is 9.47 Å². The molecule has 2 saturated heterocycles. The van der Waals surface area contributed by atoms with Crippen molar-refractivity contribution in [3.8, 4) is 0 Å². The van der Waals surface area contributed by atoms with E-state index in [1.54, 1.807) is 6.20 Å². The number of piperidine rings is 1. The second-order valence-electron chi connectivity index (χ2n) is 9.56. The van der Waals surface area contributed by atoms with Crippen molar-refractivity contribution >= 4 is 22.6 Å². The van der Waals surface area contributed by atoms with Crippen molar-refractivity contribution in [1.82, 2.24) is 9.47 Å². The fraction of sp³-hybridized carbons (Fsp3) is 0.600. The third kappa shape index (κ3) is 4.32. The van der Waals surface area contributed by atoms with Crippen LogP contribution in [0.1, 0.15) is 48.1 Å². The predicted octanol–water partition coefficient (Wildman–Crippen LogP) is 2.10. The van der Waals surface area contributed by atoms with Gasteiger partial charge in [-0.25, -0.2) is 9.18 Å². The third-order valence-electron chi connectivity index (χ3n) is 7.37. The third-order valence-corrected chi connectivity index (χ3v) is 7.37. The van der Waals surface area contributed by atoms with E-state index in [-0.39, 0.29) is 29.7 Å².